The maximum absolute atomic E-state index is 14.5. The molecule has 85 heavy (non-hydrogen) atoms. The Morgan fingerprint density at radius 3 is 1.19 bits per heavy atom. The highest BCUT2D eigenvalue weighted by atomic mass is 19.1. The molecule has 4 aliphatic rings. The lowest BCUT2D eigenvalue weighted by Gasteiger charge is -2.43. The average Bonchev–Trinajstić information content (AvgIpc) is 2.37. The second-order valence-corrected chi connectivity index (χ2v) is 29.2. The van der Waals surface area contributed by atoms with Crippen LogP contribution < -0.4 is 11.1 Å². The van der Waals surface area contributed by atoms with Gasteiger partial charge in [-0.3, -0.25) is 33.8 Å². The van der Waals surface area contributed by atoms with Crippen molar-refractivity contribution in [1.29, 1.82) is 0 Å². The molecule has 2 aromatic carbocycles. The van der Waals surface area contributed by atoms with Crippen molar-refractivity contribution in [3.63, 3.8) is 0 Å². The van der Waals surface area contributed by atoms with E-state index in [0.29, 0.717) is 49.5 Å². The lowest BCUT2D eigenvalue weighted by Crippen LogP contribution is -2.53. The van der Waals surface area contributed by atoms with E-state index < -0.39 is 81.0 Å². The predicted molar refractivity (Wildman–Crippen MR) is 322 cm³/mol. The summed E-state index contributed by atoms with van der Waals surface area (Å²) in [5, 5.41) is 3.42. The number of carbonyl (C=O) groups is 7. The van der Waals surface area contributed by atoms with E-state index in [-0.39, 0.29) is 40.6 Å². The molecular weight excluding hydrogens is 1100 g/mol. The Morgan fingerprint density at radius 1 is 0.506 bits per heavy atom. The summed E-state index contributed by atoms with van der Waals surface area (Å²) in [6, 6.07) is 7.48. The number of nitrogens with zero attached hydrogens (tertiary/aromatic N) is 4. The molecule has 21 heteroatoms. The Morgan fingerprint density at radius 2 is 0.835 bits per heavy atom. The van der Waals surface area contributed by atoms with E-state index in [0.717, 1.165) is 70.5 Å². The van der Waals surface area contributed by atoms with Crippen LogP contribution in [0.25, 0.3) is 0 Å². The number of rotatable bonds is 10. The van der Waals surface area contributed by atoms with E-state index >= 15 is 0 Å². The van der Waals surface area contributed by atoms with Crippen LogP contribution in [0, 0.1) is 11.6 Å². The standard InChI is InChI=1S/C32H50FN3O6.C17H24FNO4.C15H26N2O3/c1-29(2,3)40-26(37)25(27(38)41-30(4,5)6)23-12-11-21(33)19-24(23)34-22-13-16-36(17-14-22)32(10)15-18-35(20-32)28(39)42-31(7,8)9;1-16(2,3)22-14(20)13(15(21)23-17(4,5)6)11-8-7-10(18)9-12(11)19;1-14(2,3)20-13(19)16-10-7-15(4,11-16)17-8-5-12(18)6-9-17/h11-12,19,22,25,34H,13-18,20H2,1-10H3;7-9,13H,19H2,1-6H3;5-11H2,1-4H3. The molecule has 0 radical (unpaired) electrons. The third-order valence-electron chi connectivity index (χ3n) is 14.2. The predicted octanol–water partition coefficient (Wildman–Crippen LogP) is 11.1. The van der Waals surface area contributed by atoms with Crippen LogP contribution >= 0.6 is 0 Å². The van der Waals surface area contributed by atoms with Crippen molar-refractivity contribution in [3.8, 4) is 0 Å². The Bertz CT molecular complexity index is 2620. The number of amides is 2. The molecule has 0 spiro atoms. The van der Waals surface area contributed by atoms with Gasteiger partial charge in [-0.2, -0.15) is 0 Å². The second kappa shape index (κ2) is 27.7. The molecule has 4 heterocycles. The molecule has 19 nitrogen and oxygen atoms in total. The number of likely N-dealkylation sites (tertiary alicyclic amines) is 4. The van der Waals surface area contributed by atoms with Gasteiger partial charge in [0.1, 0.15) is 51.0 Å². The van der Waals surface area contributed by atoms with Crippen molar-refractivity contribution in [2.24, 2.45) is 0 Å². The molecule has 4 saturated heterocycles. The van der Waals surface area contributed by atoms with Crippen molar-refractivity contribution >= 4 is 53.2 Å². The van der Waals surface area contributed by atoms with E-state index in [1.807, 2.05) is 41.5 Å². The third kappa shape index (κ3) is 22.9. The first-order valence-electron chi connectivity index (χ1n) is 29.7. The number of anilines is 2. The average molecular weight is 1200 g/mol. The van der Waals surface area contributed by atoms with Gasteiger partial charge in [-0.1, -0.05) is 12.1 Å². The second-order valence-electron chi connectivity index (χ2n) is 29.2. The summed E-state index contributed by atoms with van der Waals surface area (Å²) in [5.41, 5.74) is 2.22. The summed E-state index contributed by atoms with van der Waals surface area (Å²) >= 11 is 0. The highest BCUT2D eigenvalue weighted by Crippen LogP contribution is 2.36. The quantitative estimate of drug-likeness (QED) is 0.0976. The van der Waals surface area contributed by atoms with Crippen molar-refractivity contribution in [3.05, 3.63) is 59.2 Å². The van der Waals surface area contributed by atoms with Gasteiger partial charge >= 0.3 is 36.1 Å². The van der Waals surface area contributed by atoms with Gasteiger partial charge in [0.2, 0.25) is 0 Å². The van der Waals surface area contributed by atoms with E-state index in [2.05, 4.69) is 29.0 Å². The largest absolute Gasteiger partial charge is 0.459 e. The number of halogens is 2. The number of nitrogen functional groups attached to an aromatic ring is 1. The molecule has 2 aromatic rings. The first kappa shape index (κ1) is 71.4. The van der Waals surface area contributed by atoms with Gasteiger partial charge in [0.15, 0.2) is 11.8 Å². The van der Waals surface area contributed by atoms with Gasteiger partial charge in [0, 0.05) is 105 Å². The highest BCUT2D eigenvalue weighted by Gasteiger charge is 2.46. The lowest BCUT2D eigenvalue weighted by molar-refractivity contribution is -0.171. The summed E-state index contributed by atoms with van der Waals surface area (Å²) in [5.74, 6) is -6.49. The summed E-state index contributed by atoms with van der Waals surface area (Å²) in [4.78, 5) is 95.9. The van der Waals surface area contributed by atoms with Crippen molar-refractivity contribution in [1.82, 2.24) is 19.6 Å². The number of hydrogen-bond acceptors (Lipinski definition) is 17. The maximum Gasteiger partial charge on any atom is 0.410 e. The summed E-state index contributed by atoms with van der Waals surface area (Å²) in [7, 11) is 0. The minimum atomic E-state index is -1.37. The molecule has 0 aromatic heterocycles. The molecule has 2 amide bonds. The van der Waals surface area contributed by atoms with Gasteiger partial charge in [0.25, 0.3) is 0 Å². The molecule has 2 atom stereocenters. The summed E-state index contributed by atoms with van der Waals surface area (Å²) in [6.07, 6.45) is 4.10. The van der Waals surface area contributed by atoms with Gasteiger partial charge in [-0.05, 0) is 188 Å². The highest BCUT2D eigenvalue weighted by molar-refractivity contribution is 6.03. The van der Waals surface area contributed by atoms with Crippen LogP contribution in [0.3, 0.4) is 0 Å². The molecule has 4 fully saturated rings. The number of nitrogens with two attached hydrogens (primary N) is 1. The zero-order chi connectivity index (χ0) is 64.6. The first-order chi connectivity index (χ1) is 38.7. The van der Waals surface area contributed by atoms with E-state index in [9.17, 15) is 42.3 Å². The molecule has 4 aliphatic heterocycles. The van der Waals surface area contributed by atoms with E-state index in [1.54, 1.807) is 92.9 Å². The number of esters is 4. The number of benzene rings is 2. The van der Waals surface area contributed by atoms with Crippen LogP contribution in [-0.2, 0) is 52.4 Å². The van der Waals surface area contributed by atoms with Gasteiger partial charge in [0.05, 0.1) is 0 Å². The zero-order valence-corrected chi connectivity index (χ0v) is 54.5. The fourth-order valence-electron chi connectivity index (χ4n) is 10.3. The minimum absolute atomic E-state index is 0.00767. The molecule has 0 aliphatic carbocycles. The van der Waals surface area contributed by atoms with Crippen molar-refractivity contribution < 1.29 is 70.8 Å². The Kier molecular flexibility index (Phi) is 23.3. The van der Waals surface area contributed by atoms with Crippen molar-refractivity contribution in [2.75, 3.05) is 63.4 Å². The summed E-state index contributed by atoms with van der Waals surface area (Å²) < 4.78 is 60.5. The van der Waals surface area contributed by atoms with Crippen LogP contribution in [0.2, 0.25) is 0 Å². The number of carbonyl (C=O) groups excluding carboxylic acids is 7. The fourth-order valence-corrected chi connectivity index (χ4v) is 10.3. The van der Waals surface area contributed by atoms with Crippen LogP contribution in [0.15, 0.2) is 36.4 Å². The normalized spacial score (nSPS) is 20.4. The Balaban J connectivity index is 0.000000302. The first-order valence-corrected chi connectivity index (χ1v) is 29.7. The number of hydrogen-bond donors (Lipinski definition) is 2. The molecule has 2 unspecified atom stereocenters. The smallest absolute Gasteiger partial charge is 0.410 e. The SMILES string of the molecule is CC(C)(C)OC(=O)C(C(=O)OC(C)(C)C)c1ccc(F)cc1N.CC(C)(C)OC(=O)C(C(=O)OC(C)(C)C)c1ccc(F)cc1NC1CCN(C2(C)CCN(C(=O)OC(C)(C)C)C2)CC1.CC(C)(C)OC(=O)N1CCC(C)(N2CCC(=O)CC2)C1. The van der Waals surface area contributed by atoms with Gasteiger partial charge < -0.3 is 49.3 Å². The van der Waals surface area contributed by atoms with E-state index in [4.69, 9.17) is 34.2 Å². The number of ether oxygens (including phenoxy) is 6. The van der Waals surface area contributed by atoms with Crippen molar-refractivity contribution in [2.45, 2.75) is 240 Å². The van der Waals surface area contributed by atoms with E-state index in [1.165, 1.54) is 24.3 Å². The Labute approximate surface area is 504 Å². The molecule has 478 valence electrons. The maximum atomic E-state index is 14.5. The molecule has 6 rings (SSSR count). The monoisotopic (exact) mass is 1200 g/mol. The number of ketones is 1. The number of piperidine rings is 2. The zero-order valence-electron chi connectivity index (χ0n) is 54.5. The molecular formula is C64H100F2N6O13. The van der Waals surface area contributed by atoms with Crippen LogP contribution in [0.1, 0.15) is 200 Å². The molecule has 3 N–H and O–H groups in total. The lowest BCUT2D eigenvalue weighted by atomic mass is 9.92. The van der Waals surface area contributed by atoms with Gasteiger partial charge in [-0.25, -0.2) is 18.4 Å². The van der Waals surface area contributed by atoms with Crippen LogP contribution in [-0.4, -0.2) is 165 Å². The van der Waals surface area contributed by atoms with Crippen LogP contribution in [0.5, 0.6) is 0 Å². The molecule has 0 saturated carbocycles. The topological polar surface area (TPSA) is 226 Å². The summed E-state index contributed by atoms with van der Waals surface area (Å²) in [6.45, 7) is 42.0. The van der Waals surface area contributed by atoms with Gasteiger partial charge in [-0.15, -0.1) is 0 Å². The number of Topliss-reactive ketones (excluding diaryl/α,β-unsaturated/α-hetero) is 1. The minimum Gasteiger partial charge on any atom is -0.459 e. The Hall–Kier alpha value is -6.09. The number of nitrogens with one attached hydrogen (secondary N) is 1. The fraction of sp³-hybridized carbons (Fsp3) is 0.703. The molecule has 0 bridgehead atoms. The third-order valence-corrected chi connectivity index (χ3v) is 14.2. The van der Waals surface area contributed by atoms with Crippen LogP contribution in [0.4, 0.5) is 29.7 Å².